The van der Waals surface area contributed by atoms with E-state index in [1.165, 1.54) is 12.1 Å². The van der Waals surface area contributed by atoms with Gasteiger partial charge in [0.2, 0.25) is 5.91 Å². The second kappa shape index (κ2) is 5.29. The summed E-state index contributed by atoms with van der Waals surface area (Å²) in [7, 11) is 0. The number of halogens is 1. The van der Waals surface area contributed by atoms with Gasteiger partial charge in [-0.1, -0.05) is 28.1 Å². The van der Waals surface area contributed by atoms with E-state index in [4.69, 9.17) is 0 Å². The van der Waals surface area contributed by atoms with Gasteiger partial charge in [-0.2, -0.15) is 0 Å². The van der Waals surface area contributed by atoms with Gasteiger partial charge in [-0.05, 0) is 35.7 Å². The van der Waals surface area contributed by atoms with Crippen LogP contribution < -0.4 is 5.32 Å². The van der Waals surface area contributed by atoms with E-state index in [0.29, 0.717) is 6.42 Å². The van der Waals surface area contributed by atoms with Gasteiger partial charge in [0, 0.05) is 22.3 Å². The number of amides is 1. The number of hydrogen-bond acceptors (Lipinski definition) is 3. The van der Waals surface area contributed by atoms with E-state index in [-0.39, 0.29) is 17.5 Å². The molecule has 0 aliphatic carbocycles. The lowest BCUT2D eigenvalue weighted by Crippen LogP contribution is -2.14. The Morgan fingerprint density at radius 2 is 1.90 bits per heavy atom. The van der Waals surface area contributed by atoms with Crippen molar-refractivity contribution < 1.29 is 9.72 Å². The van der Waals surface area contributed by atoms with Crippen LogP contribution in [-0.4, -0.2) is 10.8 Å². The fourth-order valence-electron chi connectivity index (χ4n) is 2.49. The highest BCUT2D eigenvalue weighted by molar-refractivity contribution is 9.10. The van der Waals surface area contributed by atoms with Crippen molar-refractivity contribution >= 4 is 33.2 Å². The predicted octanol–water partition coefficient (Wildman–Crippen LogP) is 3.64. The molecular weight excluding hydrogens is 336 g/mol. The monoisotopic (exact) mass is 346 g/mol. The van der Waals surface area contributed by atoms with Crippen LogP contribution in [0.5, 0.6) is 0 Å². The first-order valence-electron chi connectivity index (χ1n) is 6.38. The molecule has 1 aliphatic heterocycles. The van der Waals surface area contributed by atoms with Gasteiger partial charge < -0.3 is 5.32 Å². The normalized spacial score (nSPS) is 16.4. The molecule has 6 heteroatoms. The standard InChI is InChI=1S/C15H11BrN2O3/c16-10-3-6-14-12(8-10)13(15(19)17-14)7-9-1-4-11(5-2-9)18(20)21/h1-6,8,13H,7H2,(H,17,19)/t13-/m1/s1. The van der Waals surface area contributed by atoms with Crippen molar-refractivity contribution in [2.24, 2.45) is 0 Å². The maximum Gasteiger partial charge on any atom is 0.269 e. The van der Waals surface area contributed by atoms with Crippen molar-refractivity contribution in [3.63, 3.8) is 0 Å². The zero-order chi connectivity index (χ0) is 15.0. The fourth-order valence-corrected chi connectivity index (χ4v) is 2.87. The first-order valence-corrected chi connectivity index (χ1v) is 7.17. The molecule has 5 nitrogen and oxygen atoms in total. The van der Waals surface area contributed by atoms with Gasteiger partial charge in [0.25, 0.3) is 5.69 Å². The van der Waals surface area contributed by atoms with E-state index >= 15 is 0 Å². The molecule has 0 saturated carbocycles. The second-order valence-electron chi connectivity index (χ2n) is 4.90. The molecule has 0 unspecified atom stereocenters. The summed E-state index contributed by atoms with van der Waals surface area (Å²) in [6, 6.07) is 12.0. The largest absolute Gasteiger partial charge is 0.325 e. The Morgan fingerprint density at radius 3 is 2.57 bits per heavy atom. The van der Waals surface area contributed by atoms with Gasteiger partial charge >= 0.3 is 0 Å². The summed E-state index contributed by atoms with van der Waals surface area (Å²) in [5.41, 5.74) is 2.73. The molecule has 1 N–H and O–H groups in total. The van der Waals surface area contributed by atoms with Crippen molar-refractivity contribution in [1.29, 1.82) is 0 Å². The van der Waals surface area contributed by atoms with Crippen LogP contribution >= 0.6 is 15.9 Å². The molecule has 2 aromatic carbocycles. The van der Waals surface area contributed by atoms with Crippen molar-refractivity contribution in [2.75, 3.05) is 5.32 Å². The highest BCUT2D eigenvalue weighted by Gasteiger charge is 2.30. The third kappa shape index (κ3) is 2.67. The van der Waals surface area contributed by atoms with Crippen LogP contribution in [0, 0.1) is 10.1 Å². The lowest BCUT2D eigenvalue weighted by Gasteiger charge is -2.09. The summed E-state index contributed by atoms with van der Waals surface area (Å²) in [5.74, 6) is -0.305. The topological polar surface area (TPSA) is 72.2 Å². The molecule has 0 saturated heterocycles. The van der Waals surface area contributed by atoms with Crippen molar-refractivity contribution in [3.8, 4) is 0 Å². The number of non-ortho nitro benzene ring substituents is 1. The minimum atomic E-state index is -0.432. The van der Waals surface area contributed by atoms with Crippen molar-refractivity contribution in [3.05, 3.63) is 68.2 Å². The summed E-state index contributed by atoms with van der Waals surface area (Å²) < 4.78 is 0.923. The molecule has 2 aromatic rings. The van der Waals surface area contributed by atoms with Crippen molar-refractivity contribution in [1.82, 2.24) is 0 Å². The number of anilines is 1. The molecule has 1 amide bonds. The lowest BCUT2D eigenvalue weighted by molar-refractivity contribution is -0.384. The minimum Gasteiger partial charge on any atom is -0.325 e. The average Bonchev–Trinajstić information content (AvgIpc) is 2.76. The Hall–Kier alpha value is -2.21. The SMILES string of the molecule is O=C1Nc2ccc(Br)cc2[C@H]1Cc1ccc([N+](=O)[O-])cc1. The molecule has 3 rings (SSSR count). The molecule has 0 fully saturated rings. The van der Waals surface area contributed by atoms with E-state index in [1.54, 1.807) is 12.1 Å². The minimum absolute atomic E-state index is 0.0403. The zero-order valence-corrected chi connectivity index (χ0v) is 12.5. The van der Waals surface area contributed by atoms with E-state index in [1.807, 2.05) is 18.2 Å². The van der Waals surface area contributed by atoms with Crippen LogP contribution in [0.4, 0.5) is 11.4 Å². The number of fused-ring (bicyclic) bond motifs is 1. The molecular formula is C15H11BrN2O3. The Bertz CT molecular complexity index is 728. The number of rotatable bonds is 3. The van der Waals surface area contributed by atoms with Gasteiger partial charge in [0.15, 0.2) is 0 Å². The van der Waals surface area contributed by atoms with E-state index < -0.39 is 4.92 Å². The number of carbonyl (C=O) groups excluding carboxylic acids is 1. The van der Waals surface area contributed by atoms with Gasteiger partial charge in [-0.25, -0.2) is 0 Å². The molecule has 1 atom stereocenters. The third-order valence-electron chi connectivity index (χ3n) is 3.55. The maximum absolute atomic E-state index is 12.1. The van der Waals surface area contributed by atoms with Crippen LogP contribution in [0.25, 0.3) is 0 Å². The van der Waals surface area contributed by atoms with Crippen LogP contribution in [0.15, 0.2) is 46.9 Å². The molecule has 1 heterocycles. The molecule has 21 heavy (non-hydrogen) atoms. The summed E-state index contributed by atoms with van der Waals surface area (Å²) in [6.07, 6.45) is 0.521. The van der Waals surface area contributed by atoms with E-state index in [0.717, 1.165) is 21.3 Å². The van der Waals surface area contributed by atoms with E-state index in [2.05, 4.69) is 21.2 Å². The number of nitro groups is 1. The number of benzene rings is 2. The summed E-state index contributed by atoms with van der Waals surface area (Å²) in [4.78, 5) is 22.3. The Morgan fingerprint density at radius 1 is 1.19 bits per heavy atom. The smallest absolute Gasteiger partial charge is 0.269 e. The molecule has 0 aromatic heterocycles. The number of nitrogens with zero attached hydrogens (tertiary/aromatic N) is 1. The number of hydrogen-bond donors (Lipinski definition) is 1. The Labute approximate surface area is 129 Å². The first kappa shape index (κ1) is 13.8. The van der Waals surface area contributed by atoms with Gasteiger partial charge in [0.05, 0.1) is 10.8 Å². The quantitative estimate of drug-likeness (QED) is 0.681. The molecule has 1 aliphatic rings. The van der Waals surface area contributed by atoms with Crippen LogP contribution in [0.1, 0.15) is 17.0 Å². The van der Waals surface area contributed by atoms with Crippen LogP contribution in [0.2, 0.25) is 0 Å². The van der Waals surface area contributed by atoms with Crippen molar-refractivity contribution in [2.45, 2.75) is 12.3 Å². The molecule has 0 spiro atoms. The number of nitro benzene ring substituents is 1. The highest BCUT2D eigenvalue weighted by Crippen LogP contribution is 2.36. The van der Waals surface area contributed by atoms with Crippen LogP contribution in [-0.2, 0) is 11.2 Å². The predicted molar refractivity (Wildman–Crippen MR) is 82.3 cm³/mol. The summed E-state index contributed by atoms with van der Waals surface area (Å²) in [5, 5.41) is 13.5. The fraction of sp³-hybridized carbons (Fsp3) is 0.133. The summed E-state index contributed by atoms with van der Waals surface area (Å²) in [6.45, 7) is 0. The number of nitrogens with one attached hydrogen (secondary N) is 1. The average molecular weight is 347 g/mol. The molecule has 0 radical (unpaired) electrons. The Balaban J connectivity index is 1.87. The molecule has 0 bridgehead atoms. The molecule has 106 valence electrons. The zero-order valence-electron chi connectivity index (χ0n) is 10.9. The third-order valence-corrected chi connectivity index (χ3v) is 4.04. The van der Waals surface area contributed by atoms with Gasteiger partial charge in [0.1, 0.15) is 0 Å². The van der Waals surface area contributed by atoms with Crippen LogP contribution in [0.3, 0.4) is 0 Å². The lowest BCUT2D eigenvalue weighted by atomic mass is 9.93. The Kier molecular flexibility index (Phi) is 3.47. The van der Waals surface area contributed by atoms with E-state index in [9.17, 15) is 14.9 Å². The first-order chi connectivity index (χ1) is 10.0. The second-order valence-corrected chi connectivity index (χ2v) is 5.82. The summed E-state index contributed by atoms with van der Waals surface area (Å²) >= 11 is 3.41. The number of carbonyl (C=O) groups is 1. The maximum atomic E-state index is 12.1. The van der Waals surface area contributed by atoms with Gasteiger partial charge in [-0.3, -0.25) is 14.9 Å². The highest BCUT2D eigenvalue weighted by atomic mass is 79.9. The van der Waals surface area contributed by atoms with Gasteiger partial charge in [-0.15, -0.1) is 0 Å².